The van der Waals surface area contributed by atoms with Crippen molar-refractivity contribution in [2.75, 3.05) is 32.6 Å². The molecule has 0 aliphatic heterocycles. The first-order valence-corrected chi connectivity index (χ1v) is 10.3. The van der Waals surface area contributed by atoms with Crippen molar-refractivity contribution in [2.45, 2.75) is 11.0 Å². The van der Waals surface area contributed by atoms with E-state index in [0.29, 0.717) is 30.5 Å². The molecule has 8 heteroatoms. The Morgan fingerprint density at radius 2 is 1.62 bits per heavy atom. The van der Waals surface area contributed by atoms with E-state index >= 15 is 0 Å². The third kappa shape index (κ3) is 7.21. The quantitative estimate of drug-likeness (QED) is 0.595. The third-order valence-electron chi connectivity index (χ3n) is 3.44. The molecule has 0 aliphatic carbocycles. The molecule has 0 amide bonds. The maximum Gasteiger partial charge on any atom is 0.175 e. The average Bonchev–Trinajstić information content (AvgIpc) is 2.61. The summed E-state index contributed by atoms with van der Waals surface area (Å²) < 4.78 is 33.7. The second kappa shape index (κ2) is 9.78. The molecule has 0 saturated heterocycles. The topological polar surface area (TPSA) is 84.9 Å². The monoisotopic (exact) mass is 399 g/mol. The van der Waals surface area contributed by atoms with Crippen LogP contribution in [-0.2, 0) is 9.84 Å². The van der Waals surface area contributed by atoms with Gasteiger partial charge in [0.2, 0.25) is 0 Å². The number of sulfone groups is 1. The van der Waals surface area contributed by atoms with E-state index < -0.39 is 15.9 Å². The molecule has 0 radical (unpaired) electrons. The van der Waals surface area contributed by atoms with Gasteiger partial charge in [0.1, 0.15) is 30.8 Å². The molecule has 26 heavy (non-hydrogen) atoms. The van der Waals surface area contributed by atoms with Crippen LogP contribution in [0.25, 0.3) is 0 Å². The van der Waals surface area contributed by atoms with Gasteiger partial charge >= 0.3 is 0 Å². The van der Waals surface area contributed by atoms with Crippen molar-refractivity contribution in [2.24, 2.45) is 0 Å². The Bertz CT molecular complexity index is 778. The molecule has 0 saturated carbocycles. The van der Waals surface area contributed by atoms with E-state index in [0.717, 1.165) is 12.0 Å². The molecule has 2 N–H and O–H groups in total. The number of ether oxygens (including phenoxy) is 2. The Morgan fingerprint density at radius 1 is 1.04 bits per heavy atom. The van der Waals surface area contributed by atoms with Crippen molar-refractivity contribution in [3.05, 3.63) is 53.6 Å². The van der Waals surface area contributed by atoms with Crippen LogP contribution in [0.2, 0.25) is 5.02 Å². The summed E-state index contributed by atoms with van der Waals surface area (Å²) in [7, 11) is -3.22. The molecule has 0 fully saturated rings. The molecule has 2 aromatic carbocycles. The predicted octanol–water partition coefficient (Wildman–Crippen LogP) is 2.15. The van der Waals surface area contributed by atoms with Crippen LogP contribution in [-0.4, -0.2) is 52.2 Å². The highest BCUT2D eigenvalue weighted by molar-refractivity contribution is 7.90. The second-order valence-electron chi connectivity index (χ2n) is 5.71. The van der Waals surface area contributed by atoms with Gasteiger partial charge in [0, 0.05) is 24.4 Å². The van der Waals surface area contributed by atoms with E-state index in [-0.39, 0.29) is 11.5 Å². The van der Waals surface area contributed by atoms with Gasteiger partial charge in [0.25, 0.3) is 0 Å². The number of rotatable bonds is 10. The Labute approximate surface area is 158 Å². The van der Waals surface area contributed by atoms with Crippen LogP contribution in [0.1, 0.15) is 0 Å². The average molecular weight is 400 g/mol. The molecule has 1 atom stereocenters. The van der Waals surface area contributed by atoms with Gasteiger partial charge in [-0.25, -0.2) is 8.42 Å². The van der Waals surface area contributed by atoms with Crippen molar-refractivity contribution >= 4 is 21.4 Å². The lowest BCUT2D eigenvalue weighted by molar-refractivity contribution is 0.105. The van der Waals surface area contributed by atoms with Crippen molar-refractivity contribution in [1.29, 1.82) is 0 Å². The summed E-state index contributed by atoms with van der Waals surface area (Å²) in [6.07, 6.45) is 0.453. The van der Waals surface area contributed by atoms with Crippen LogP contribution in [0.15, 0.2) is 53.4 Å². The van der Waals surface area contributed by atoms with Gasteiger partial charge in [0.05, 0.1) is 4.90 Å². The van der Waals surface area contributed by atoms with Crippen LogP contribution >= 0.6 is 11.6 Å². The first kappa shape index (κ1) is 20.5. The summed E-state index contributed by atoms with van der Waals surface area (Å²) in [5.41, 5.74) is 0. The molecule has 0 aliphatic rings. The van der Waals surface area contributed by atoms with Crippen molar-refractivity contribution in [3.8, 4) is 11.5 Å². The minimum Gasteiger partial charge on any atom is -0.492 e. The molecule has 1 unspecified atom stereocenters. The van der Waals surface area contributed by atoms with Gasteiger partial charge in [-0.05, 0) is 48.5 Å². The summed E-state index contributed by atoms with van der Waals surface area (Å²) >= 11 is 5.80. The number of nitrogens with one attached hydrogen (secondary N) is 1. The zero-order chi connectivity index (χ0) is 19.0. The van der Waals surface area contributed by atoms with E-state index in [1.54, 1.807) is 36.4 Å². The second-order valence-corrected chi connectivity index (χ2v) is 8.17. The minimum absolute atomic E-state index is 0.100. The summed E-state index contributed by atoms with van der Waals surface area (Å²) in [6, 6.07) is 13.2. The van der Waals surface area contributed by atoms with Crippen LogP contribution in [0, 0.1) is 0 Å². The summed E-state index contributed by atoms with van der Waals surface area (Å²) in [4.78, 5) is 0.229. The summed E-state index contributed by atoms with van der Waals surface area (Å²) in [5, 5.41) is 13.6. The first-order chi connectivity index (χ1) is 12.3. The lowest BCUT2D eigenvalue weighted by atomic mass is 10.3. The van der Waals surface area contributed by atoms with E-state index in [1.165, 1.54) is 12.1 Å². The lowest BCUT2D eigenvalue weighted by Gasteiger charge is -2.14. The highest BCUT2D eigenvalue weighted by Gasteiger charge is 2.08. The van der Waals surface area contributed by atoms with Gasteiger partial charge in [0.15, 0.2) is 9.84 Å². The SMILES string of the molecule is CS(=O)(=O)c1ccc(OCC(O)CNCCOc2ccc(Cl)cc2)cc1. The minimum atomic E-state index is -3.22. The van der Waals surface area contributed by atoms with Gasteiger partial charge in [-0.1, -0.05) is 11.6 Å². The number of hydrogen-bond donors (Lipinski definition) is 2. The van der Waals surface area contributed by atoms with Crippen molar-refractivity contribution in [1.82, 2.24) is 5.32 Å². The third-order valence-corrected chi connectivity index (χ3v) is 4.82. The van der Waals surface area contributed by atoms with Crippen molar-refractivity contribution in [3.63, 3.8) is 0 Å². The molecule has 142 valence electrons. The maximum atomic E-state index is 11.4. The molecule has 2 rings (SSSR count). The molecular formula is C18H22ClNO5S. The van der Waals surface area contributed by atoms with Crippen LogP contribution in [0.4, 0.5) is 0 Å². The Balaban J connectivity index is 1.61. The maximum absolute atomic E-state index is 11.4. The lowest BCUT2D eigenvalue weighted by Crippen LogP contribution is -2.33. The Morgan fingerprint density at radius 3 is 2.23 bits per heavy atom. The van der Waals surface area contributed by atoms with Crippen LogP contribution in [0.5, 0.6) is 11.5 Å². The normalized spacial score (nSPS) is 12.6. The summed E-state index contributed by atoms with van der Waals surface area (Å²) in [5.74, 6) is 1.24. The van der Waals surface area contributed by atoms with E-state index in [9.17, 15) is 13.5 Å². The first-order valence-electron chi connectivity index (χ1n) is 8.04. The van der Waals surface area contributed by atoms with Gasteiger partial charge in [-0.3, -0.25) is 0 Å². The van der Waals surface area contributed by atoms with E-state index in [4.69, 9.17) is 21.1 Å². The van der Waals surface area contributed by atoms with Crippen LogP contribution < -0.4 is 14.8 Å². The molecule has 0 heterocycles. The Hall–Kier alpha value is -1.80. The molecule has 6 nitrogen and oxygen atoms in total. The number of aliphatic hydroxyl groups is 1. The molecule has 0 spiro atoms. The molecule has 2 aromatic rings. The van der Waals surface area contributed by atoms with Gasteiger partial charge in [-0.2, -0.15) is 0 Å². The zero-order valence-electron chi connectivity index (χ0n) is 14.4. The highest BCUT2D eigenvalue weighted by Crippen LogP contribution is 2.16. The number of benzene rings is 2. The summed E-state index contributed by atoms with van der Waals surface area (Å²) in [6.45, 7) is 1.49. The standard InChI is InChI=1S/C18H22ClNO5S/c1-26(22,23)18-8-6-17(7-9-18)25-13-15(21)12-20-10-11-24-16-4-2-14(19)3-5-16/h2-9,15,20-21H,10-13H2,1H3. The number of halogens is 1. The van der Waals surface area contributed by atoms with Crippen molar-refractivity contribution < 1.29 is 23.0 Å². The van der Waals surface area contributed by atoms with E-state index in [1.807, 2.05) is 0 Å². The van der Waals surface area contributed by atoms with Gasteiger partial charge in [-0.15, -0.1) is 0 Å². The van der Waals surface area contributed by atoms with Gasteiger partial charge < -0.3 is 19.9 Å². The zero-order valence-corrected chi connectivity index (χ0v) is 16.0. The molecule has 0 bridgehead atoms. The number of aliphatic hydroxyl groups excluding tert-OH is 1. The Kier molecular flexibility index (Phi) is 7.71. The molecule has 0 aromatic heterocycles. The predicted molar refractivity (Wildman–Crippen MR) is 101 cm³/mol. The number of hydrogen-bond acceptors (Lipinski definition) is 6. The molecular weight excluding hydrogens is 378 g/mol. The fraction of sp³-hybridized carbons (Fsp3) is 0.333. The largest absolute Gasteiger partial charge is 0.492 e. The fourth-order valence-corrected chi connectivity index (χ4v) is 2.83. The highest BCUT2D eigenvalue weighted by atomic mass is 35.5. The smallest absolute Gasteiger partial charge is 0.175 e. The van der Waals surface area contributed by atoms with E-state index in [2.05, 4.69) is 5.32 Å². The van der Waals surface area contributed by atoms with Crippen LogP contribution in [0.3, 0.4) is 0 Å². The fourth-order valence-electron chi connectivity index (χ4n) is 2.07.